The van der Waals surface area contributed by atoms with Crippen LogP contribution in [0.2, 0.25) is 0 Å². The van der Waals surface area contributed by atoms with Gasteiger partial charge in [-0.15, -0.1) is 0 Å². The van der Waals surface area contributed by atoms with Gasteiger partial charge in [-0.3, -0.25) is 4.79 Å². The molecule has 4 heteroatoms. The van der Waals surface area contributed by atoms with E-state index in [-0.39, 0.29) is 12.5 Å². The molecule has 2 atom stereocenters. The monoisotopic (exact) mass is 870 g/mol. The van der Waals surface area contributed by atoms with Crippen molar-refractivity contribution in [2.75, 3.05) is 6.61 Å². The summed E-state index contributed by atoms with van der Waals surface area (Å²) in [5, 5.41) is 23.1. The maximum Gasteiger partial charge on any atom is 0.220 e. The van der Waals surface area contributed by atoms with Crippen molar-refractivity contribution in [3.8, 4) is 0 Å². The van der Waals surface area contributed by atoms with E-state index in [4.69, 9.17) is 0 Å². The van der Waals surface area contributed by atoms with E-state index in [2.05, 4.69) is 43.5 Å². The van der Waals surface area contributed by atoms with Gasteiger partial charge in [-0.25, -0.2) is 0 Å². The molecule has 0 heterocycles. The molecule has 0 radical (unpaired) electrons. The van der Waals surface area contributed by atoms with Crippen molar-refractivity contribution in [1.29, 1.82) is 0 Å². The van der Waals surface area contributed by atoms with E-state index >= 15 is 0 Å². The summed E-state index contributed by atoms with van der Waals surface area (Å²) >= 11 is 0. The molecule has 0 saturated carbocycles. The first-order valence-electron chi connectivity index (χ1n) is 28.2. The number of carbonyl (C=O) groups excluding carboxylic acids is 1. The summed E-state index contributed by atoms with van der Waals surface area (Å²) < 4.78 is 0. The highest BCUT2D eigenvalue weighted by atomic mass is 16.3. The van der Waals surface area contributed by atoms with Gasteiger partial charge < -0.3 is 15.5 Å². The molecule has 0 aromatic carbocycles. The third-order valence-corrected chi connectivity index (χ3v) is 13.1. The molecular weight excluding hydrogens is 759 g/mol. The molecule has 62 heavy (non-hydrogen) atoms. The molecule has 0 aliphatic carbocycles. The minimum atomic E-state index is -0.837. The first kappa shape index (κ1) is 60.6. The predicted molar refractivity (Wildman–Crippen MR) is 276 cm³/mol. The van der Waals surface area contributed by atoms with Gasteiger partial charge >= 0.3 is 0 Å². The minimum absolute atomic E-state index is 0.0603. The number of hydrogen-bond acceptors (Lipinski definition) is 3. The molecule has 0 rings (SSSR count). The second kappa shape index (κ2) is 53.9. The van der Waals surface area contributed by atoms with E-state index in [1.165, 1.54) is 257 Å². The molecule has 0 saturated heterocycles. The smallest absolute Gasteiger partial charge is 0.220 e. The van der Waals surface area contributed by atoms with Crippen LogP contribution < -0.4 is 5.32 Å². The van der Waals surface area contributed by atoms with Crippen LogP contribution in [0.1, 0.15) is 309 Å². The largest absolute Gasteiger partial charge is 0.394 e. The maximum atomic E-state index is 12.4. The van der Waals surface area contributed by atoms with Gasteiger partial charge in [0.25, 0.3) is 0 Å². The van der Waals surface area contributed by atoms with Crippen LogP contribution in [0, 0.1) is 0 Å². The topological polar surface area (TPSA) is 69.6 Å². The van der Waals surface area contributed by atoms with Crippen molar-refractivity contribution < 1.29 is 15.0 Å². The predicted octanol–water partition coefficient (Wildman–Crippen LogP) is 18.5. The Labute approximate surface area is 389 Å². The first-order valence-corrected chi connectivity index (χ1v) is 28.2. The van der Waals surface area contributed by atoms with Crippen molar-refractivity contribution in [2.24, 2.45) is 0 Å². The fraction of sp³-hybridized carbons (Fsp3) is 0.879. The molecule has 0 aliphatic heterocycles. The quantitative estimate of drug-likeness (QED) is 0.0421. The summed E-state index contributed by atoms with van der Waals surface area (Å²) in [7, 11) is 0. The van der Waals surface area contributed by atoms with Crippen molar-refractivity contribution >= 4 is 5.91 Å². The van der Waals surface area contributed by atoms with Crippen molar-refractivity contribution in [1.82, 2.24) is 5.32 Å². The SMILES string of the molecule is CCCCCCCCCCCCC/C=C\C/C=C\CCCCCCCCCCCCCCCCCCCC(=O)NC(CO)C(O)/C=C/CCCCCCCCCCCCCCC. The molecule has 0 aromatic rings. The summed E-state index contributed by atoms with van der Waals surface area (Å²) in [5.41, 5.74) is 0. The number of unbranched alkanes of at least 4 members (excludes halogenated alkanes) is 41. The number of allylic oxidation sites excluding steroid dienone is 5. The van der Waals surface area contributed by atoms with Crippen molar-refractivity contribution in [2.45, 2.75) is 321 Å². The number of amides is 1. The molecular formula is C58H111NO3. The Bertz CT molecular complexity index is 943. The molecule has 0 fully saturated rings. The van der Waals surface area contributed by atoms with Gasteiger partial charge in [0.2, 0.25) is 5.91 Å². The lowest BCUT2D eigenvalue weighted by Gasteiger charge is -2.20. The Morgan fingerprint density at radius 1 is 0.387 bits per heavy atom. The summed E-state index contributed by atoms with van der Waals surface area (Å²) in [4.78, 5) is 12.4. The third kappa shape index (κ3) is 49.6. The second-order valence-electron chi connectivity index (χ2n) is 19.4. The third-order valence-electron chi connectivity index (χ3n) is 13.1. The Balaban J connectivity index is 3.43. The van der Waals surface area contributed by atoms with Crippen LogP contribution in [0.15, 0.2) is 36.5 Å². The Morgan fingerprint density at radius 2 is 0.661 bits per heavy atom. The molecule has 4 nitrogen and oxygen atoms in total. The van der Waals surface area contributed by atoms with Crippen LogP contribution in [-0.2, 0) is 4.79 Å². The zero-order chi connectivity index (χ0) is 44.9. The van der Waals surface area contributed by atoms with E-state index < -0.39 is 12.1 Å². The zero-order valence-electron chi connectivity index (χ0n) is 42.2. The highest BCUT2D eigenvalue weighted by Crippen LogP contribution is 2.17. The van der Waals surface area contributed by atoms with Gasteiger partial charge in [-0.05, 0) is 51.4 Å². The molecule has 366 valence electrons. The zero-order valence-corrected chi connectivity index (χ0v) is 42.2. The summed E-state index contributed by atoms with van der Waals surface area (Å²) in [5.74, 6) is -0.0603. The van der Waals surface area contributed by atoms with E-state index in [1.54, 1.807) is 6.08 Å². The Morgan fingerprint density at radius 3 is 0.968 bits per heavy atom. The molecule has 3 N–H and O–H groups in total. The summed E-state index contributed by atoms with van der Waals surface area (Å²) in [6.45, 7) is 4.33. The highest BCUT2D eigenvalue weighted by molar-refractivity contribution is 5.76. The molecule has 0 aliphatic rings. The lowest BCUT2D eigenvalue weighted by Crippen LogP contribution is -2.45. The number of aliphatic hydroxyl groups excluding tert-OH is 2. The normalized spacial score (nSPS) is 13.0. The van der Waals surface area contributed by atoms with Crippen molar-refractivity contribution in [3.05, 3.63) is 36.5 Å². The number of rotatable bonds is 52. The van der Waals surface area contributed by atoms with Crippen LogP contribution in [0.4, 0.5) is 0 Å². The van der Waals surface area contributed by atoms with Gasteiger partial charge in [0.15, 0.2) is 0 Å². The fourth-order valence-corrected chi connectivity index (χ4v) is 8.80. The average Bonchev–Trinajstić information content (AvgIpc) is 3.28. The number of nitrogens with one attached hydrogen (secondary N) is 1. The van der Waals surface area contributed by atoms with Gasteiger partial charge in [-0.2, -0.15) is 0 Å². The van der Waals surface area contributed by atoms with Gasteiger partial charge in [0, 0.05) is 6.42 Å². The number of hydrogen-bond donors (Lipinski definition) is 3. The Kier molecular flexibility index (Phi) is 52.7. The molecule has 2 unspecified atom stereocenters. The lowest BCUT2D eigenvalue weighted by atomic mass is 10.0. The minimum Gasteiger partial charge on any atom is -0.394 e. The molecule has 0 bridgehead atoms. The average molecular weight is 871 g/mol. The molecule has 0 spiro atoms. The Hall–Kier alpha value is -1.39. The summed E-state index contributed by atoms with van der Waals surface area (Å²) in [6, 6.07) is -0.620. The van der Waals surface area contributed by atoms with E-state index in [0.717, 1.165) is 32.1 Å². The van der Waals surface area contributed by atoms with E-state index in [9.17, 15) is 15.0 Å². The number of carbonyl (C=O) groups is 1. The van der Waals surface area contributed by atoms with Crippen LogP contribution in [-0.4, -0.2) is 34.9 Å². The lowest BCUT2D eigenvalue weighted by molar-refractivity contribution is -0.123. The fourth-order valence-electron chi connectivity index (χ4n) is 8.80. The van der Waals surface area contributed by atoms with E-state index in [1.807, 2.05) is 6.08 Å². The number of aliphatic hydroxyl groups is 2. The second-order valence-corrected chi connectivity index (χ2v) is 19.4. The molecule has 0 aromatic heterocycles. The van der Waals surface area contributed by atoms with Crippen LogP contribution >= 0.6 is 0 Å². The van der Waals surface area contributed by atoms with Crippen molar-refractivity contribution in [3.63, 3.8) is 0 Å². The van der Waals surface area contributed by atoms with Gasteiger partial charge in [-0.1, -0.05) is 288 Å². The standard InChI is InChI=1S/C58H111NO3/c1-3-5-7-9-11-13-15-17-19-20-21-22-23-24-25-26-27-28-29-30-31-32-33-34-35-36-37-38-40-42-44-46-48-50-52-54-58(62)59-56(55-60)57(61)53-51-49-47-45-43-41-39-18-16-14-12-10-8-6-4-2/h23-24,26-27,51,53,56-57,60-61H,3-22,25,28-50,52,54-55H2,1-2H3,(H,59,62)/b24-23-,27-26-,53-51+. The van der Waals surface area contributed by atoms with Gasteiger partial charge in [0.05, 0.1) is 18.8 Å². The first-order chi connectivity index (χ1) is 30.7. The van der Waals surface area contributed by atoms with Gasteiger partial charge in [0.1, 0.15) is 0 Å². The van der Waals surface area contributed by atoms with Crippen LogP contribution in [0.25, 0.3) is 0 Å². The highest BCUT2D eigenvalue weighted by Gasteiger charge is 2.18. The maximum absolute atomic E-state index is 12.4. The van der Waals surface area contributed by atoms with Crippen LogP contribution in [0.5, 0.6) is 0 Å². The summed E-state index contributed by atoms with van der Waals surface area (Å²) in [6.07, 6.45) is 73.1. The van der Waals surface area contributed by atoms with Crippen LogP contribution in [0.3, 0.4) is 0 Å². The molecule has 1 amide bonds. The van der Waals surface area contributed by atoms with E-state index in [0.29, 0.717) is 6.42 Å².